The molecule has 0 aliphatic rings. The van der Waals surface area contributed by atoms with Gasteiger partial charge in [0.05, 0.1) is 11.6 Å². The molecule has 4 nitrogen and oxygen atoms in total. The van der Waals surface area contributed by atoms with Crippen LogP contribution in [-0.4, -0.2) is 8.42 Å². The highest BCUT2D eigenvalue weighted by Gasteiger charge is 2.17. The molecule has 0 N–H and O–H groups in total. The standard InChI is InChI=1S/C14H10ClNO3S/c1-10-2-4-14(5-3-10)20(17,18)19-13-7-11(9-16)6-12(15)8-13/h2-8H,1H3. The van der Waals surface area contributed by atoms with Crippen LogP contribution in [0.5, 0.6) is 5.75 Å². The quantitative estimate of drug-likeness (QED) is 0.816. The largest absolute Gasteiger partial charge is 0.379 e. The second-order valence-corrected chi connectivity index (χ2v) is 6.12. The van der Waals surface area contributed by atoms with Crippen molar-refractivity contribution in [2.45, 2.75) is 11.8 Å². The van der Waals surface area contributed by atoms with Crippen molar-refractivity contribution >= 4 is 21.7 Å². The molecule has 20 heavy (non-hydrogen) atoms. The lowest BCUT2D eigenvalue weighted by Crippen LogP contribution is -2.09. The van der Waals surface area contributed by atoms with E-state index in [-0.39, 0.29) is 21.2 Å². The first kappa shape index (κ1) is 14.4. The zero-order valence-corrected chi connectivity index (χ0v) is 12.1. The van der Waals surface area contributed by atoms with E-state index in [0.717, 1.165) is 5.56 Å². The van der Waals surface area contributed by atoms with Gasteiger partial charge in [0.15, 0.2) is 0 Å². The van der Waals surface area contributed by atoms with Crippen molar-refractivity contribution in [3.8, 4) is 11.8 Å². The van der Waals surface area contributed by atoms with Gasteiger partial charge in [-0.3, -0.25) is 0 Å². The minimum Gasteiger partial charge on any atom is -0.379 e. The van der Waals surface area contributed by atoms with Gasteiger partial charge in [-0.2, -0.15) is 13.7 Å². The van der Waals surface area contributed by atoms with Gasteiger partial charge in [0.2, 0.25) is 0 Å². The molecule has 0 heterocycles. The van der Waals surface area contributed by atoms with Gasteiger partial charge >= 0.3 is 10.1 Å². The van der Waals surface area contributed by atoms with E-state index in [9.17, 15) is 8.42 Å². The summed E-state index contributed by atoms with van der Waals surface area (Å²) in [6.45, 7) is 1.85. The van der Waals surface area contributed by atoms with Gasteiger partial charge in [0, 0.05) is 11.1 Å². The maximum absolute atomic E-state index is 12.1. The summed E-state index contributed by atoms with van der Waals surface area (Å²) in [5.41, 5.74) is 1.17. The zero-order valence-electron chi connectivity index (χ0n) is 10.5. The average molecular weight is 308 g/mol. The molecule has 0 saturated heterocycles. The van der Waals surface area contributed by atoms with E-state index in [0.29, 0.717) is 0 Å². The monoisotopic (exact) mass is 307 g/mol. The molecule has 2 rings (SSSR count). The van der Waals surface area contributed by atoms with E-state index in [1.165, 1.54) is 30.3 Å². The fourth-order valence-corrected chi connectivity index (χ4v) is 2.70. The molecular weight excluding hydrogens is 298 g/mol. The zero-order chi connectivity index (χ0) is 14.8. The number of hydrogen-bond acceptors (Lipinski definition) is 4. The molecular formula is C14H10ClNO3S. The lowest BCUT2D eigenvalue weighted by Gasteiger charge is -2.08. The topological polar surface area (TPSA) is 67.2 Å². The van der Waals surface area contributed by atoms with E-state index in [2.05, 4.69) is 0 Å². The molecule has 0 aliphatic heterocycles. The Morgan fingerprint density at radius 3 is 2.40 bits per heavy atom. The molecule has 0 unspecified atom stereocenters. The summed E-state index contributed by atoms with van der Waals surface area (Å²) in [4.78, 5) is 0.0431. The van der Waals surface area contributed by atoms with Crippen LogP contribution in [0.3, 0.4) is 0 Å². The Bertz CT molecular complexity index is 777. The first-order valence-electron chi connectivity index (χ1n) is 5.62. The summed E-state index contributed by atoms with van der Waals surface area (Å²) in [5.74, 6) is 0.00891. The summed E-state index contributed by atoms with van der Waals surface area (Å²) < 4.78 is 29.1. The first-order valence-corrected chi connectivity index (χ1v) is 7.41. The normalized spacial score (nSPS) is 10.8. The van der Waals surface area contributed by atoms with Crippen LogP contribution < -0.4 is 4.18 Å². The Morgan fingerprint density at radius 1 is 1.15 bits per heavy atom. The van der Waals surface area contributed by atoms with Crippen LogP contribution in [0.4, 0.5) is 0 Å². The smallest absolute Gasteiger partial charge is 0.339 e. The minimum absolute atomic E-state index is 0.00891. The number of nitrogens with zero attached hydrogens (tertiary/aromatic N) is 1. The minimum atomic E-state index is -3.94. The second-order valence-electron chi connectivity index (χ2n) is 4.14. The maximum atomic E-state index is 12.1. The van der Waals surface area contributed by atoms with Gasteiger partial charge < -0.3 is 4.18 Å². The average Bonchev–Trinajstić information content (AvgIpc) is 2.37. The Kier molecular flexibility index (Phi) is 3.98. The summed E-state index contributed by atoms with van der Waals surface area (Å²) in [7, 11) is -3.94. The number of aryl methyl sites for hydroxylation is 1. The van der Waals surface area contributed by atoms with Crippen LogP contribution in [0.15, 0.2) is 47.4 Å². The highest BCUT2D eigenvalue weighted by atomic mass is 35.5. The molecule has 0 aromatic heterocycles. The van der Waals surface area contributed by atoms with E-state index in [1.54, 1.807) is 12.1 Å². The number of rotatable bonds is 3. The Hall–Kier alpha value is -2.03. The molecule has 0 amide bonds. The van der Waals surface area contributed by atoms with Crippen molar-refractivity contribution in [2.24, 2.45) is 0 Å². The predicted octanol–water partition coefficient (Wildman–Crippen LogP) is 3.29. The molecule has 2 aromatic carbocycles. The highest BCUT2D eigenvalue weighted by molar-refractivity contribution is 7.87. The Morgan fingerprint density at radius 2 is 1.80 bits per heavy atom. The lowest BCUT2D eigenvalue weighted by molar-refractivity contribution is 0.486. The fraction of sp³-hybridized carbons (Fsp3) is 0.0714. The molecule has 0 bridgehead atoms. The fourth-order valence-electron chi connectivity index (χ4n) is 1.56. The predicted molar refractivity (Wildman–Crippen MR) is 75.2 cm³/mol. The van der Waals surface area contributed by atoms with E-state index in [1.807, 2.05) is 13.0 Å². The molecule has 0 spiro atoms. The van der Waals surface area contributed by atoms with E-state index in [4.69, 9.17) is 21.0 Å². The number of nitriles is 1. The van der Waals surface area contributed by atoms with Crippen molar-refractivity contribution in [3.63, 3.8) is 0 Å². The molecule has 0 saturated carbocycles. The molecule has 102 valence electrons. The van der Waals surface area contributed by atoms with Crippen molar-refractivity contribution in [2.75, 3.05) is 0 Å². The Labute approximate surface area is 122 Å². The maximum Gasteiger partial charge on any atom is 0.339 e. The van der Waals surface area contributed by atoms with Crippen molar-refractivity contribution in [3.05, 3.63) is 58.6 Å². The molecule has 0 atom stereocenters. The number of hydrogen-bond donors (Lipinski definition) is 0. The molecule has 2 aromatic rings. The van der Waals surface area contributed by atoms with Crippen LogP contribution in [0.1, 0.15) is 11.1 Å². The van der Waals surface area contributed by atoms with Crippen LogP contribution in [-0.2, 0) is 10.1 Å². The third kappa shape index (κ3) is 3.29. The lowest BCUT2D eigenvalue weighted by atomic mass is 10.2. The van der Waals surface area contributed by atoms with Crippen LogP contribution in [0.25, 0.3) is 0 Å². The highest BCUT2D eigenvalue weighted by Crippen LogP contribution is 2.24. The van der Waals surface area contributed by atoms with Gasteiger partial charge in [-0.05, 0) is 31.2 Å². The van der Waals surface area contributed by atoms with Crippen molar-refractivity contribution < 1.29 is 12.6 Å². The van der Waals surface area contributed by atoms with Gasteiger partial charge in [0.25, 0.3) is 0 Å². The van der Waals surface area contributed by atoms with Crippen LogP contribution in [0.2, 0.25) is 5.02 Å². The molecule has 0 fully saturated rings. The summed E-state index contributed by atoms with van der Waals surface area (Å²) in [5, 5.41) is 9.05. The van der Waals surface area contributed by atoms with Crippen LogP contribution >= 0.6 is 11.6 Å². The van der Waals surface area contributed by atoms with Gasteiger partial charge in [-0.15, -0.1) is 0 Å². The van der Waals surface area contributed by atoms with Gasteiger partial charge in [-0.25, -0.2) is 0 Å². The first-order chi connectivity index (χ1) is 9.40. The SMILES string of the molecule is Cc1ccc(S(=O)(=O)Oc2cc(Cl)cc(C#N)c2)cc1. The molecule has 0 aliphatic carbocycles. The van der Waals surface area contributed by atoms with E-state index >= 15 is 0 Å². The summed E-state index contributed by atoms with van der Waals surface area (Å²) in [6.07, 6.45) is 0. The van der Waals surface area contributed by atoms with Crippen molar-refractivity contribution in [1.29, 1.82) is 5.26 Å². The summed E-state index contributed by atoms with van der Waals surface area (Å²) >= 11 is 5.80. The third-order valence-corrected chi connectivity index (χ3v) is 4.00. The van der Waals surface area contributed by atoms with E-state index < -0.39 is 10.1 Å². The number of halogens is 1. The second kappa shape index (κ2) is 5.53. The molecule has 0 radical (unpaired) electrons. The van der Waals surface area contributed by atoms with Crippen LogP contribution in [0, 0.1) is 18.3 Å². The summed E-state index contributed by atoms with van der Waals surface area (Å²) in [6, 6.07) is 12.2. The Balaban J connectivity index is 2.36. The third-order valence-electron chi connectivity index (χ3n) is 2.52. The molecule has 6 heteroatoms. The van der Waals surface area contributed by atoms with Gasteiger partial charge in [0.1, 0.15) is 10.6 Å². The van der Waals surface area contributed by atoms with Crippen molar-refractivity contribution in [1.82, 2.24) is 0 Å². The number of benzene rings is 2. The van der Waals surface area contributed by atoms with Gasteiger partial charge in [-0.1, -0.05) is 29.3 Å².